The van der Waals surface area contributed by atoms with Crippen molar-refractivity contribution in [1.29, 1.82) is 0 Å². The standard InChI is InChI=1S/C13H14N2O3S2/c1-8-14-7-12(19-8)20(17,18)15-13-10-5-3-2-4-9(10)6-11(13)16/h2-5,7,11,13,15-16H,6H2,1H3/t11-,13+/m0/s1. The Morgan fingerprint density at radius 1 is 1.40 bits per heavy atom. The summed E-state index contributed by atoms with van der Waals surface area (Å²) in [6.07, 6.45) is 1.07. The van der Waals surface area contributed by atoms with Crippen molar-refractivity contribution in [2.45, 2.75) is 29.7 Å². The summed E-state index contributed by atoms with van der Waals surface area (Å²) in [5, 5.41) is 10.8. The van der Waals surface area contributed by atoms with Gasteiger partial charge in [-0.15, -0.1) is 11.3 Å². The van der Waals surface area contributed by atoms with Crippen molar-refractivity contribution in [2.24, 2.45) is 0 Å². The Balaban J connectivity index is 1.92. The molecule has 1 aromatic heterocycles. The second-order valence-electron chi connectivity index (χ2n) is 4.77. The molecule has 1 aromatic carbocycles. The van der Waals surface area contributed by atoms with Crippen molar-refractivity contribution in [3.8, 4) is 0 Å². The molecule has 2 aromatic rings. The van der Waals surface area contributed by atoms with Crippen LogP contribution in [0.3, 0.4) is 0 Å². The number of aliphatic hydroxyl groups is 1. The molecule has 20 heavy (non-hydrogen) atoms. The van der Waals surface area contributed by atoms with Crippen LogP contribution in [0.1, 0.15) is 22.2 Å². The Hall–Kier alpha value is -1.28. The van der Waals surface area contributed by atoms with Gasteiger partial charge in [0.15, 0.2) is 4.21 Å². The summed E-state index contributed by atoms with van der Waals surface area (Å²) in [7, 11) is -3.65. The summed E-state index contributed by atoms with van der Waals surface area (Å²) >= 11 is 1.12. The lowest BCUT2D eigenvalue weighted by atomic mass is 10.1. The van der Waals surface area contributed by atoms with Crippen LogP contribution in [0.4, 0.5) is 0 Å². The van der Waals surface area contributed by atoms with Crippen LogP contribution in [0.15, 0.2) is 34.7 Å². The van der Waals surface area contributed by atoms with E-state index in [1.165, 1.54) is 6.20 Å². The number of aromatic nitrogens is 1. The quantitative estimate of drug-likeness (QED) is 0.898. The van der Waals surface area contributed by atoms with Crippen LogP contribution in [0.5, 0.6) is 0 Å². The molecule has 0 saturated carbocycles. The maximum Gasteiger partial charge on any atom is 0.252 e. The Morgan fingerprint density at radius 2 is 2.15 bits per heavy atom. The minimum atomic E-state index is -3.65. The third-order valence-electron chi connectivity index (χ3n) is 3.35. The highest BCUT2D eigenvalue weighted by atomic mass is 32.2. The van der Waals surface area contributed by atoms with Crippen LogP contribution in [-0.2, 0) is 16.4 Å². The summed E-state index contributed by atoms with van der Waals surface area (Å²) < 4.78 is 27.4. The number of rotatable bonds is 3. The zero-order valence-electron chi connectivity index (χ0n) is 10.8. The molecule has 0 saturated heterocycles. The molecule has 1 heterocycles. The number of benzene rings is 1. The van der Waals surface area contributed by atoms with Gasteiger partial charge in [-0.05, 0) is 18.1 Å². The van der Waals surface area contributed by atoms with Crippen molar-refractivity contribution >= 4 is 21.4 Å². The predicted molar refractivity (Wildman–Crippen MR) is 76.1 cm³/mol. The average Bonchev–Trinajstić information content (AvgIpc) is 2.95. The van der Waals surface area contributed by atoms with E-state index in [1.54, 1.807) is 6.92 Å². The second kappa shape index (κ2) is 4.92. The smallest absolute Gasteiger partial charge is 0.252 e. The van der Waals surface area contributed by atoms with Gasteiger partial charge in [-0.2, -0.15) is 0 Å². The Bertz CT molecular complexity index is 740. The summed E-state index contributed by atoms with van der Waals surface area (Å²) in [6.45, 7) is 1.75. The van der Waals surface area contributed by atoms with Crippen molar-refractivity contribution in [2.75, 3.05) is 0 Å². The van der Waals surface area contributed by atoms with Gasteiger partial charge in [0.2, 0.25) is 0 Å². The Morgan fingerprint density at radius 3 is 2.85 bits per heavy atom. The maximum absolute atomic E-state index is 12.3. The van der Waals surface area contributed by atoms with Crippen molar-refractivity contribution < 1.29 is 13.5 Å². The van der Waals surface area contributed by atoms with Gasteiger partial charge in [-0.25, -0.2) is 18.1 Å². The van der Waals surface area contributed by atoms with Gasteiger partial charge in [0, 0.05) is 6.42 Å². The van der Waals surface area contributed by atoms with Gasteiger partial charge in [0.25, 0.3) is 10.0 Å². The average molecular weight is 310 g/mol. The highest BCUT2D eigenvalue weighted by Gasteiger charge is 2.34. The van der Waals surface area contributed by atoms with Crippen LogP contribution >= 0.6 is 11.3 Å². The van der Waals surface area contributed by atoms with E-state index >= 15 is 0 Å². The van der Waals surface area contributed by atoms with Gasteiger partial charge in [-0.3, -0.25) is 0 Å². The lowest BCUT2D eigenvalue weighted by Crippen LogP contribution is -2.33. The fourth-order valence-corrected chi connectivity index (χ4v) is 4.78. The number of nitrogens with zero attached hydrogens (tertiary/aromatic N) is 1. The summed E-state index contributed by atoms with van der Waals surface area (Å²) in [5.74, 6) is 0. The first-order valence-corrected chi connectivity index (χ1v) is 8.48. The second-order valence-corrected chi connectivity index (χ2v) is 7.94. The molecule has 5 nitrogen and oxygen atoms in total. The molecule has 106 valence electrons. The topological polar surface area (TPSA) is 79.3 Å². The summed E-state index contributed by atoms with van der Waals surface area (Å²) in [6, 6.07) is 6.88. The molecule has 0 spiro atoms. The van der Waals surface area contributed by atoms with Gasteiger partial charge >= 0.3 is 0 Å². The molecule has 0 radical (unpaired) electrons. The van der Waals surface area contributed by atoms with E-state index in [-0.39, 0.29) is 4.21 Å². The van der Waals surface area contributed by atoms with E-state index in [4.69, 9.17) is 0 Å². The van der Waals surface area contributed by atoms with Gasteiger partial charge in [-0.1, -0.05) is 24.3 Å². The zero-order chi connectivity index (χ0) is 14.3. The fraction of sp³-hybridized carbons (Fsp3) is 0.308. The predicted octanol–water partition coefficient (Wildman–Crippen LogP) is 1.39. The molecular weight excluding hydrogens is 296 g/mol. The number of sulfonamides is 1. The maximum atomic E-state index is 12.3. The SMILES string of the molecule is Cc1ncc(S(=O)(=O)N[C@@H]2c3ccccc3C[C@@H]2O)s1. The molecule has 1 aliphatic rings. The lowest BCUT2D eigenvalue weighted by molar-refractivity contribution is 0.151. The normalized spacial score (nSPS) is 21.9. The van der Waals surface area contributed by atoms with Gasteiger partial charge in [0.05, 0.1) is 23.4 Å². The van der Waals surface area contributed by atoms with E-state index in [1.807, 2.05) is 24.3 Å². The van der Waals surface area contributed by atoms with E-state index in [2.05, 4.69) is 9.71 Å². The first-order valence-electron chi connectivity index (χ1n) is 6.18. The number of thiazole rings is 1. The molecule has 0 fully saturated rings. The molecule has 2 N–H and O–H groups in total. The number of hydrogen-bond donors (Lipinski definition) is 2. The van der Waals surface area contributed by atoms with Crippen LogP contribution in [0, 0.1) is 6.92 Å². The van der Waals surface area contributed by atoms with Crippen molar-refractivity contribution in [1.82, 2.24) is 9.71 Å². The number of aliphatic hydroxyl groups excluding tert-OH is 1. The minimum absolute atomic E-state index is 0.173. The van der Waals surface area contributed by atoms with Gasteiger partial charge < -0.3 is 5.11 Å². The lowest BCUT2D eigenvalue weighted by Gasteiger charge is -2.17. The fourth-order valence-electron chi connectivity index (χ4n) is 2.41. The number of fused-ring (bicyclic) bond motifs is 1. The number of nitrogens with one attached hydrogen (secondary N) is 1. The van der Waals surface area contributed by atoms with E-state index in [0.717, 1.165) is 22.5 Å². The summed E-state index contributed by atoms with van der Waals surface area (Å²) in [5.41, 5.74) is 1.82. The van der Waals surface area contributed by atoms with Crippen molar-refractivity contribution in [3.63, 3.8) is 0 Å². The first-order chi connectivity index (χ1) is 9.47. The van der Waals surface area contributed by atoms with E-state index in [0.29, 0.717) is 11.4 Å². The number of aryl methyl sites for hydroxylation is 1. The highest BCUT2D eigenvalue weighted by Crippen LogP contribution is 2.33. The monoisotopic (exact) mass is 310 g/mol. The molecule has 1 aliphatic carbocycles. The highest BCUT2D eigenvalue weighted by molar-refractivity contribution is 7.91. The molecule has 0 amide bonds. The van der Waals surface area contributed by atoms with Crippen LogP contribution in [0.2, 0.25) is 0 Å². The molecule has 0 unspecified atom stereocenters. The molecule has 0 aliphatic heterocycles. The van der Waals surface area contributed by atoms with Crippen LogP contribution in [-0.4, -0.2) is 24.6 Å². The molecule has 3 rings (SSSR count). The molecular formula is C13H14N2O3S2. The molecule has 7 heteroatoms. The summed E-state index contributed by atoms with van der Waals surface area (Å²) in [4.78, 5) is 3.96. The zero-order valence-corrected chi connectivity index (χ0v) is 12.4. The minimum Gasteiger partial charge on any atom is -0.391 e. The Labute approximate surface area is 121 Å². The third kappa shape index (κ3) is 2.37. The molecule has 0 bridgehead atoms. The van der Waals surface area contributed by atoms with Crippen LogP contribution in [0.25, 0.3) is 0 Å². The largest absolute Gasteiger partial charge is 0.391 e. The van der Waals surface area contributed by atoms with Crippen molar-refractivity contribution in [3.05, 3.63) is 46.6 Å². The Kier molecular flexibility index (Phi) is 3.37. The van der Waals surface area contributed by atoms with Gasteiger partial charge in [0.1, 0.15) is 0 Å². The first kappa shape index (κ1) is 13.7. The van der Waals surface area contributed by atoms with E-state index in [9.17, 15) is 13.5 Å². The van der Waals surface area contributed by atoms with E-state index < -0.39 is 22.2 Å². The number of hydrogen-bond acceptors (Lipinski definition) is 5. The van der Waals surface area contributed by atoms with Crippen LogP contribution < -0.4 is 4.72 Å². The third-order valence-corrected chi connectivity index (χ3v) is 6.17. The molecule has 2 atom stereocenters.